The number of esters is 4. The molecule has 0 saturated carbocycles. The van der Waals surface area contributed by atoms with Crippen molar-refractivity contribution >= 4 is 89.1 Å². The Hall–Kier alpha value is -4.88. The molecule has 2 aliphatic heterocycles. The van der Waals surface area contributed by atoms with Gasteiger partial charge in [0.25, 0.3) is 20.0 Å². The molecule has 4 rings (SSSR count). The lowest BCUT2D eigenvalue weighted by molar-refractivity contribution is -0.143. The van der Waals surface area contributed by atoms with Crippen LogP contribution in [0.3, 0.4) is 0 Å². The van der Waals surface area contributed by atoms with Gasteiger partial charge in [-0.3, -0.25) is 28.8 Å². The van der Waals surface area contributed by atoms with Gasteiger partial charge in [-0.05, 0) is 48.5 Å². The SMILES string of the molecule is O=C(CSSCC(=O)OCCOCCOC(=O)c1ccc(S(=O)(=O)N2C(=O)CCC2=O)cc1)OCCOCCOC(=O)c1ccc(S(=O)(=O)N2C(=O)CCC2=O)cc1. The van der Waals surface area contributed by atoms with Crippen LogP contribution in [0.25, 0.3) is 0 Å². The van der Waals surface area contributed by atoms with E-state index in [0.29, 0.717) is 0 Å². The summed E-state index contributed by atoms with van der Waals surface area (Å²) in [5.74, 6) is -6.04. The maximum Gasteiger partial charge on any atom is 0.338 e. The van der Waals surface area contributed by atoms with Crippen LogP contribution >= 0.6 is 21.6 Å². The number of sulfonamides is 2. The molecule has 0 bridgehead atoms. The van der Waals surface area contributed by atoms with Gasteiger partial charge in [0.2, 0.25) is 23.6 Å². The number of benzene rings is 2. The third kappa shape index (κ3) is 12.8. The predicted molar refractivity (Wildman–Crippen MR) is 198 cm³/mol. The number of hydrogen-bond acceptors (Lipinski definition) is 20. The Morgan fingerprint density at radius 3 is 1.07 bits per heavy atom. The minimum atomic E-state index is -4.37. The predicted octanol–water partition coefficient (Wildman–Crippen LogP) is 0.877. The van der Waals surface area contributed by atoms with Crippen molar-refractivity contribution < 1.29 is 83.6 Å². The summed E-state index contributed by atoms with van der Waals surface area (Å²) in [6, 6.07) is 9.09. The lowest BCUT2D eigenvalue weighted by Crippen LogP contribution is -2.35. The molecule has 0 spiro atoms. The summed E-state index contributed by atoms with van der Waals surface area (Å²) in [5, 5.41) is 0. The summed E-state index contributed by atoms with van der Waals surface area (Å²) >= 11 is 0. The minimum Gasteiger partial charge on any atom is -0.463 e. The van der Waals surface area contributed by atoms with Gasteiger partial charge in [-0.2, -0.15) is 8.61 Å². The van der Waals surface area contributed by atoms with Crippen LogP contribution in [-0.4, -0.2) is 137 Å². The molecule has 2 aromatic rings. The fourth-order valence-corrected chi connectivity index (χ4v) is 9.26. The van der Waals surface area contributed by atoms with E-state index in [1.165, 1.54) is 24.3 Å². The molecule has 2 saturated heterocycles. The van der Waals surface area contributed by atoms with E-state index in [2.05, 4.69) is 0 Å². The van der Waals surface area contributed by atoms with Crippen LogP contribution in [0.15, 0.2) is 58.3 Å². The van der Waals surface area contributed by atoms with Gasteiger partial charge in [0.1, 0.15) is 37.9 Å². The topological polar surface area (TPSA) is 267 Å². The van der Waals surface area contributed by atoms with Crippen LogP contribution in [0.4, 0.5) is 0 Å². The molecule has 58 heavy (non-hydrogen) atoms. The van der Waals surface area contributed by atoms with Crippen LogP contribution in [0, 0.1) is 0 Å². The fraction of sp³-hybridized carbons (Fsp3) is 0.412. The first-order chi connectivity index (χ1) is 27.6. The van der Waals surface area contributed by atoms with E-state index in [1.54, 1.807) is 0 Å². The van der Waals surface area contributed by atoms with Crippen molar-refractivity contribution in [2.24, 2.45) is 0 Å². The van der Waals surface area contributed by atoms with Gasteiger partial charge in [-0.25, -0.2) is 26.4 Å². The summed E-state index contributed by atoms with van der Waals surface area (Å²) in [6.45, 7) is -0.494. The van der Waals surface area contributed by atoms with Gasteiger partial charge in [0, 0.05) is 25.7 Å². The molecule has 0 aromatic heterocycles. The van der Waals surface area contributed by atoms with E-state index in [1.807, 2.05) is 0 Å². The summed E-state index contributed by atoms with van der Waals surface area (Å²) < 4.78 is 81.5. The largest absolute Gasteiger partial charge is 0.463 e. The Kier molecular flexibility index (Phi) is 17.2. The number of hydrogen-bond donors (Lipinski definition) is 0. The van der Waals surface area contributed by atoms with Crippen molar-refractivity contribution in [3.05, 3.63) is 59.7 Å². The molecule has 20 nitrogen and oxygen atoms in total. The van der Waals surface area contributed by atoms with Crippen LogP contribution < -0.4 is 0 Å². The van der Waals surface area contributed by atoms with Gasteiger partial charge in [-0.15, -0.1) is 0 Å². The van der Waals surface area contributed by atoms with E-state index in [0.717, 1.165) is 45.9 Å². The van der Waals surface area contributed by atoms with E-state index in [-0.39, 0.29) is 120 Å². The highest BCUT2D eigenvalue weighted by molar-refractivity contribution is 8.77. The molecular weight excluding hydrogens is 853 g/mol. The number of ether oxygens (including phenoxy) is 6. The van der Waals surface area contributed by atoms with Crippen molar-refractivity contribution in [2.45, 2.75) is 35.5 Å². The monoisotopic (exact) mass is 888 g/mol. The Morgan fingerprint density at radius 1 is 0.466 bits per heavy atom. The molecule has 0 radical (unpaired) electrons. The number of nitrogens with zero attached hydrogens (tertiary/aromatic N) is 2. The Morgan fingerprint density at radius 2 is 0.759 bits per heavy atom. The molecule has 2 aromatic carbocycles. The highest BCUT2D eigenvalue weighted by Gasteiger charge is 2.40. The van der Waals surface area contributed by atoms with Crippen LogP contribution in [-0.2, 0) is 77.2 Å². The average molecular weight is 889 g/mol. The molecule has 24 heteroatoms. The highest BCUT2D eigenvalue weighted by Crippen LogP contribution is 2.25. The number of amides is 4. The molecule has 0 atom stereocenters. The van der Waals surface area contributed by atoms with Crippen molar-refractivity contribution in [3.63, 3.8) is 0 Å². The van der Waals surface area contributed by atoms with Crippen LogP contribution in [0.5, 0.6) is 0 Å². The quantitative estimate of drug-likeness (QED) is 0.0493. The normalized spacial score (nSPS) is 14.5. The molecule has 2 heterocycles. The third-order valence-corrected chi connectivity index (χ3v) is 13.2. The zero-order chi connectivity index (χ0) is 42.3. The standard InChI is InChI=1S/C34H36N2O18S4/c37-27-9-10-28(38)35(27)57(45,46)25-5-1-23(2-6-25)33(43)53-19-15-49-13-17-51-31(41)21-55-56-22-32(42)52-18-14-50-16-20-54-34(44)24-3-7-26(8-4-24)58(47,48)36-29(39)11-12-30(36)40/h1-8H,9-22H2. The second-order valence-corrected chi connectivity index (χ2v) is 17.7. The summed E-state index contributed by atoms with van der Waals surface area (Å²) in [5.41, 5.74) is 0.0580. The zero-order valence-corrected chi connectivity index (χ0v) is 33.7. The Labute approximate surface area is 339 Å². The minimum absolute atomic E-state index is 0.00912. The van der Waals surface area contributed by atoms with Gasteiger partial charge < -0.3 is 28.4 Å². The van der Waals surface area contributed by atoms with Gasteiger partial charge in [0.05, 0.1) is 47.3 Å². The number of carbonyl (C=O) groups excluding carboxylic acids is 8. The fourth-order valence-electron chi connectivity index (χ4n) is 4.83. The first-order valence-corrected chi connectivity index (χ1v) is 22.5. The molecular formula is C34H36N2O18S4. The van der Waals surface area contributed by atoms with Gasteiger partial charge in [0.15, 0.2) is 0 Å². The van der Waals surface area contributed by atoms with E-state index in [9.17, 15) is 55.2 Å². The second-order valence-electron chi connectivity index (χ2n) is 11.6. The summed E-state index contributed by atoms with van der Waals surface area (Å²) in [6.07, 6.45) is -0.767. The number of imide groups is 2. The van der Waals surface area contributed by atoms with Crippen molar-refractivity contribution in [2.75, 3.05) is 64.4 Å². The molecule has 0 N–H and O–H groups in total. The van der Waals surface area contributed by atoms with E-state index in [4.69, 9.17) is 28.4 Å². The highest BCUT2D eigenvalue weighted by atomic mass is 33.1. The maximum atomic E-state index is 12.6. The van der Waals surface area contributed by atoms with Crippen molar-refractivity contribution in [1.82, 2.24) is 8.61 Å². The molecule has 4 amide bonds. The van der Waals surface area contributed by atoms with Crippen LogP contribution in [0.1, 0.15) is 46.4 Å². The molecule has 314 valence electrons. The van der Waals surface area contributed by atoms with Gasteiger partial charge in [-0.1, -0.05) is 21.6 Å². The number of carbonyl (C=O) groups is 8. The number of rotatable bonds is 23. The first-order valence-electron chi connectivity index (χ1n) is 17.1. The molecule has 2 aliphatic rings. The molecule has 0 aliphatic carbocycles. The lowest BCUT2D eigenvalue weighted by Gasteiger charge is -2.14. The van der Waals surface area contributed by atoms with Crippen LogP contribution in [0.2, 0.25) is 0 Å². The Balaban J connectivity index is 0.954. The third-order valence-electron chi connectivity index (χ3n) is 7.61. The van der Waals surface area contributed by atoms with Gasteiger partial charge >= 0.3 is 23.9 Å². The zero-order valence-electron chi connectivity index (χ0n) is 30.4. The smallest absolute Gasteiger partial charge is 0.338 e. The van der Waals surface area contributed by atoms with E-state index >= 15 is 0 Å². The second kappa shape index (κ2) is 21.8. The average Bonchev–Trinajstić information content (AvgIpc) is 3.74. The van der Waals surface area contributed by atoms with E-state index < -0.39 is 67.6 Å². The first kappa shape index (κ1) is 45.8. The Bertz CT molecular complexity index is 1910. The molecule has 0 unspecified atom stereocenters. The maximum absolute atomic E-state index is 12.6. The van der Waals surface area contributed by atoms with Crippen molar-refractivity contribution in [1.29, 1.82) is 0 Å². The summed E-state index contributed by atoms with van der Waals surface area (Å²) in [4.78, 5) is 94.8. The lowest BCUT2D eigenvalue weighted by atomic mass is 10.2. The van der Waals surface area contributed by atoms with Crippen molar-refractivity contribution in [3.8, 4) is 0 Å². The summed E-state index contributed by atoms with van der Waals surface area (Å²) in [7, 11) is -6.61. The molecule has 2 fully saturated rings.